The van der Waals surface area contributed by atoms with Gasteiger partial charge in [-0.3, -0.25) is 4.79 Å². The van der Waals surface area contributed by atoms with Crippen LogP contribution in [0.5, 0.6) is 5.75 Å². The summed E-state index contributed by atoms with van der Waals surface area (Å²) < 4.78 is 5.16. The summed E-state index contributed by atoms with van der Waals surface area (Å²) in [7, 11) is 1.56. The number of benzene rings is 1. The van der Waals surface area contributed by atoms with E-state index in [0.717, 1.165) is 22.8 Å². The lowest BCUT2D eigenvalue weighted by atomic mass is 10.2. The molecule has 0 saturated carbocycles. The lowest BCUT2D eigenvalue weighted by Gasteiger charge is -2.08. The third-order valence-electron chi connectivity index (χ3n) is 3.34. The maximum Gasteiger partial charge on any atom is 0.265 e. The van der Waals surface area contributed by atoms with Gasteiger partial charge in [-0.1, -0.05) is 0 Å². The average Bonchev–Trinajstić information content (AvgIpc) is 2.93. The fourth-order valence-electron chi connectivity index (χ4n) is 2.24. The summed E-state index contributed by atoms with van der Waals surface area (Å²) in [5, 5.41) is 2.90. The van der Waals surface area contributed by atoms with E-state index in [0.29, 0.717) is 17.1 Å². The summed E-state index contributed by atoms with van der Waals surface area (Å²) in [6, 6.07) is 7.25. The normalized spacial score (nSPS) is 13.6. The molecule has 3 rings (SSSR count). The maximum absolute atomic E-state index is 12.3. The largest absolute Gasteiger partial charge is 0.495 e. The van der Waals surface area contributed by atoms with Crippen LogP contribution in [-0.2, 0) is 12.2 Å². The Hall–Kier alpha value is -1.66. The molecule has 1 aliphatic rings. The first-order valence-corrected chi connectivity index (χ1v) is 8.58. The molecule has 0 aliphatic carbocycles. The van der Waals surface area contributed by atoms with E-state index in [2.05, 4.69) is 5.32 Å². The number of anilines is 2. The Bertz CT molecular complexity index is 659. The van der Waals surface area contributed by atoms with Gasteiger partial charge in [-0.2, -0.15) is 11.8 Å². The first kappa shape index (κ1) is 14.3. The summed E-state index contributed by atoms with van der Waals surface area (Å²) in [5.41, 5.74) is 8.31. The van der Waals surface area contributed by atoms with Crippen molar-refractivity contribution in [2.45, 2.75) is 12.2 Å². The fraction of sp³-hybridized carbons (Fsp3) is 0.267. The van der Waals surface area contributed by atoms with E-state index in [1.54, 1.807) is 36.6 Å². The molecule has 2 aromatic rings. The first-order chi connectivity index (χ1) is 10.2. The molecule has 0 spiro atoms. The Labute approximate surface area is 131 Å². The minimum atomic E-state index is -0.0776. The molecule has 1 aliphatic heterocycles. The number of ether oxygens (including phenoxy) is 1. The van der Waals surface area contributed by atoms with Crippen molar-refractivity contribution in [3.8, 4) is 5.75 Å². The number of hydrogen-bond donors (Lipinski definition) is 2. The Kier molecular flexibility index (Phi) is 4.07. The van der Waals surface area contributed by atoms with E-state index in [9.17, 15) is 4.79 Å². The molecule has 0 fully saturated rings. The molecule has 1 aromatic heterocycles. The third-order valence-corrected chi connectivity index (χ3v) is 5.59. The fourth-order valence-corrected chi connectivity index (χ4v) is 4.51. The molecule has 0 atom stereocenters. The highest BCUT2D eigenvalue weighted by Crippen LogP contribution is 2.32. The molecule has 2 heterocycles. The van der Waals surface area contributed by atoms with Crippen molar-refractivity contribution in [2.75, 3.05) is 23.9 Å². The molecule has 0 bridgehead atoms. The topological polar surface area (TPSA) is 64.3 Å². The molecule has 0 radical (unpaired) electrons. The van der Waals surface area contributed by atoms with Crippen molar-refractivity contribution in [3.63, 3.8) is 0 Å². The summed E-state index contributed by atoms with van der Waals surface area (Å²) in [6.07, 6.45) is 1.06. The van der Waals surface area contributed by atoms with Crippen LogP contribution in [0, 0.1) is 0 Å². The second-order valence-electron chi connectivity index (χ2n) is 4.77. The van der Waals surface area contributed by atoms with E-state index in [1.807, 2.05) is 17.8 Å². The molecular weight excluding hydrogens is 304 g/mol. The van der Waals surface area contributed by atoms with Crippen LogP contribution in [0.2, 0.25) is 0 Å². The molecule has 21 heavy (non-hydrogen) atoms. The van der Waals surface area contributed by atoms with Gasteiger partial charge >= 0.3 is 0 Å². The van der Waals surface area contributed by atoms with Gasteiger partial charge in [-0.15, -0.1) is 11.3 Å². The number of rotatable bonds is 3. The molecule has 6 heteroatoms. The van der Waals surface area contributed by atoms with E-state index in [-0.39, 0.29) is 5.91 Å². The molecule has 4 nitrogen and oxygen atoms in total. The third kappa shape index (κ3) is 3.01. The van der Waals surface area contributed by atoms with Crippen molar-refractivity contribution >= 4 is 40.4 Å². The van der Waals surface area contributed by atoms with Gasteiger partial charge in [0.25, 0.3) is 5.91 Å². The van der Waals surface area contributed by atoms with E-state index in [1.165, 1.54) is 10.4 Å². The summed E-state index contributed by atoms with van der Waals surface area (Å²) in [4.78, 5) is 14.4. The number of fused-ring (bicyclic) bond motifs is 1. The Morgan fingerprint density at radius 2 is 2.24 bits per heavy atom. The minimum Gasteiger partial charge on any atom is -0.495 e. The molecule has 0 unspecified atom stereocenters. The molecule has 3 N–H and O–H groups in total. The number of thiophene rings is 1. The molecule has 1 aromatic carbocycles. The number of amides is 1. The van der Waals surface area contributed by atoms with E-state index < -0.39 is 0 Å². The molecule has 110 valence electrons. The van der Waals surface area contributed by atoms with Gasteiger partial charge in [-0.05, 0) is 35.9 Å². The van der Waals surface area contributed by atoms with Crippen molar-refractivity contribution in [1.82, 2.24) is 0 Å². The number of nitrogens with one attached hydrogen (secondary N) is 1. The van der Waals surface area contributed by atoms with Crippen LogP contribution in [-0.4, -0.2) is 18.8 Å². The number of thioether (sulfide) groups is 1. The van der Waals surface area contributed by atoms with Crippen molar-refractivity contribution in [1.29, 1.82) is 0 Å². The molecule has 0 saturated heterocycles. The van der Waals surface area contributed by atoms with Gasteiger partial charge in [-0.25, -0.2) is 0 Å². The van der Waals surface area contributed by atoms with Crippen LogP contribution in [0.25, 0.3) is 0 Å². The number of methoxy groups -OCH3 is 1. The zero-order chi connectivity index (χ0) is 14.8. The average molecular weight is 320 g/mol. The highest BCUT2D eigenvalue weighted by Gasteiger charge is 2.17. The second-order valence-corrected chi connectivity index (χ2v) is 7.01. The second kappa shape index (κ2) is 5.99. The monoisotopic (exact) mass is 320 g/mol. The van der Waals surface area contributed by atoms with Crippen molar-refractivity contribution in [3.05, 3.63) is 39.6 Å². The minimum absolute atomic E-state index is 0.0776. The number of hydrogen-bond acceptors (Lipinski definition) is 5. The van der Waals surface area contributed by atoms with Crippen LogP contribution in [0.15, 0.2) is 24.3 Å². The predicted molar refractivity (Wildman–Crippen MR) is 89.5 cm³/mol. The smallest absolute Gasteiger partial charge is 0.265 e. The van der Waals surface area contributed by atoms with E-state index in [4.69, 9.17) is 10.5 Å². The first-order valence-electron chi connectivity index (χ1n) is 6.61. The maximum atomic E-state index is 12.3. The van der Waals surface area contributed by atoms with Gasteiger partial charge in [0.15, 0.2) is 0 Å². The number of carbonyl (C=O) groups is 1. The standard InChI is InChI=1S/C15H16N2O2S2/c1-19-12-7-10(2-3-11(12)16)17-15(18)14-6-9-8-20-5-4-13(9)21-14/h2-3,6-7H,4-5,8,16H2,1H3,(H,17,18). The van der Waals surface area contributed by atoms with Gasteiger partial charge in [0.05, 0.1) is 17.7 Å². The Balaban J connectivity index is 1.78. The van der Waals surface area contributed by atoms with Crippen LogP contribution in [0.4, 0.5) is 11.4 Å². The lowest BCUT2D eigenvalue weighted by molar-refractivity contribution is 0.103. The number of carbonyl (C=O) groups excluding carboxylic acids is 1. The summed E-state index contributed by atoms with van der Waals surface area (Å²) in [5.74, 6) is 2.64. The van der Waals surface area contributed by atoms with Crippen molar-refractivity contribution in [2.24, 2.45) is 0 Å². The van der Waals surface area contributed by atoms with Gasteiger partial charge in [0, 0.05) is 22.4 Å². The highest BCUT2D eigenvalue weighted by atomic mass is 32.2. The number of nitrogen functional groups attached to an aromatic ring is 1. The number of nitrogens with two attached hydrogens (primary N) is 1. The zero-order valence-electron chi connectivity index (χ0n) is 11.6. The summed E-state index contributed by atoms with van der Waals surface area (Å²) >= 11 is 3.51. The van der Waals surface area contributed by atoms with Crippen LogP contribution < -0.4 is 15.8 Å². The van der Waals surface area contributed by atoms with Crippen LogP contribution in [0.3, 0.4) is 0 Å². The van der Waals surface area contributed by atoms with Crippen molar-refractivity contribution < 1.29 is 9.53 Å². The van der Waals surface area contributed by atoms with Gasteiger partial charge in [0.2, 0.25) is 0 Å². The summed E-state index contributed by atoms with van der Waals surface area (Å²) in [6.45, 7) is 0. The molecule has 1 amide bonds. The van der Waals surface area contributed by atoms with Gasteiger partial charge < -0.3 is 15.8 Å². The quantitative estimate of drug-likeness (QED) is 0.851. The van der Waals surface area contributed by atoms with Crippen LogP contribution >= 0.6 is 23.1 Å². The Morgan fingerprint density at radius 1 is 1.38 bits per heavy atom. The predicted octanol–water partition coefficient (Wildman–Crippen LogP) is 3.38. The molecular formula is C15H16N2O2S2. The highest BCUT2D eigenvalue weighted by molar-refractivity contribution is 7.98. The Morgan fingerprint density at radius 3 is 3.00 bits per heavy atom. The SMILES string of the molecule is COc1cc(NC(=O)c2cc3c(s2)CCSC3)ccc1N. The van der Waals surface area contributed by atoms with Gasteiger partial charge in [0.1, 0.15) is 5.75 Å². The van der Waals surface area contributed by atoms with Crippen LogP contribution in [0.1, 0.15) is 20.1 Å². The zero-order valence-corrected chi connectivity index (χ0v) is 13.3. The number of aryl methyl sites for hydroxylation is 1. The lowest BCUT2D eigenvalue weighted by Crippen LogP contribution is -2.10. The van der Waals surface area contributed by atoms with E-state index >= 15 is 0 Å².